The van der Waals surface area contributed by atoms with Crippen LogP contribution in [-0.2, 0) is 0 Å². The number of thiocarbonyl (C=S) groups is 1. The lowest BCUT2D eigenvalue weighted by molar-refractivity contribution is 0.628. The zero-order valence-corrected chi connectivity index (χ0v) is 11.8. The molecule has 0 fully saturated rings. The Balaban J connectivity index is 2.36. The molecule has 0 saturated carbocycles. The van der Waals surface area contributed by atoms with E-state index in [1.807, 2.05) is 0 Å². The monoisotopic (exact) mass is 315 g/mol. The Morgan fingerprint density at radius 1 is 1.26 bits per heavy atom. The van der Waals surface area contributed by atoms with Gasteiger partial charge in [-0.05, 0) is 24.3 Å². The molecule has 0 unspecified atom stereocenters. The average molecular weight is 316 g/mol. The molecular weight excluding hydrogens is 308 g/mol. The van der Waals surface area contributed by atoms with Gasteiger partial charge < -0.3 is 11.1 Å². The van der Waals surface area contributed by atoms with Crippen LogP contribution in [-0.4, -0.2) is 9.97 Å². The standard InChI is InChI=1S/C12H8Cl2FN3S/c13-8-3-6(15)4-9(14)11(8)18-7-1-2-17-10(5-7)12(16)19/h1-5H,(H2,16,19)(H,17,18). The van der Waals surface area contributed by atoms with E-state index >= 15 is 0 Å². The summed E-state index contributed by atoms with van der Waals surface area (Å²) in [6.07, 6.45) is 1.54. The maximum Gasteiger partial charge on any atom is 0.126 e. The summed E-state index contributed by atoms with van der Waals surface area (Å²) in [5.41, 5.74) is 7.02. The smallest absolute Gasteiger partial charge is 0.126 e. The zero-order valence-electron chi connectivity index (χ0n) is 9.45. The summed E-state index contributed by atoms with van der Waals surface area (Å²) < 4.78 is 13.1. The van der Waals surface area contributed by atoms with Gasteiger partial charge in [-0.15, -0.1) is 0 Å². The first kappa shape index (κ1) is 14.0. The lowest BCUT2D eigenvalue weighted by atomic mass is 10.2. The van der Waals surface area contributed by atoms with Gasteiger partial charge in [-0.3, -0.25) is 4.98 Å². The van der Waals surface area contributed by atoms with Crippen molar-refractivity contribution >= 4 is 51.8 Å². The Hall–Kier alpha value is -1.43. The van der Waals surface area contributed by atoms with E-state index in [4.69, 9.17) is 41.2 Å². The first-order valence-corrected chi connectivity index (χ1v) is 6.31. The third kappa shape index (κ3) is 3.32. The van der Waals surface area contributed by atoms with Gasteiger partial charge in [0.15, 0.2) is 0 Å². The molecule has 0 spiro atoms. The third-order valence-electron chi connectivity index (χ3n) is 2.29. The fraction of sp³-hybridized carbons (Fsp3) is 0. The van der Waals surface area contributed by atoms with Gasteiger partial charge in [-0.25, -0.2) is 4.39 Å². The van der Waals surface area contributed by atoms with Crippen molar-refractivity contribution in [2.75, 3.05) is 5.32 Å². The summed E-state index contributed by atoms with van der Waals surface area (Å²) in [6.45, 7) is 0. The van der Waals surface area contributed by atoms with Crippen molar-refractivity contribution in [1.29, 1.82) is 0 Å². The molecule has 2 rings (SSSR count). The molecule has 1 aromatic carbocycles. The summed E-state index contributed by atoms with van der Waals surface area (Å²) in [7, 11) is 0. The molecule has 2 aromatic rings. The van der Waals surface area contributed by atoms with E-state index in [0.29, 0.717) is 17.1 Å². The topological polar surface area (TPSA) is 50.9 Å². The number of pyridine rings is 1. The fourth-order valence-electron chi connectivity index (χ4n) is 1.45. The number of nitrogens with one attached hydrogen (secondary N) is 1. The molecule has 0 aliphatic heterocycles. The van der Waals surface area contributed by atoms with Crippen LogP contribution in [0.25, 0.3) is 0 Å². The summed E-state index contributed by atoms with van der Waals surface area (Å²) >= 11 is 16.7. The minimum absolute atomic E-state index is 0.179. The average Bonchev–Trinajstić information content (AvgIpc) is 2.34. The van der Waals surface area contributed by atoms with Gasteiger partial charge in [0, 0.05) is 11.9 Å². The van der Waals surface area contributed by atoms with Crippen LogP contribution in [0.1, 0.15) is 5.69 Å². The highest BCUT2D eigenvalue weighted by molar-refractivity contribution is 7.80. The Labute approximate surface area is 124 Å². The number of hydrogen-bond donors (Lipinski definition) is 2. The van der Waals surface area contributed by atoms with Crippen molar-refractivity contribution in [1.82, 2.24) is 4.98 Å². The number of hydrogen-bond acceptors (Lipinski definition) is 3. The predicted molar refractivity (Wildman–Crippen MR) is 79.8 cm³/mol. The molecule has 0 bridgehead atoms. The van der Waals surface area contributed by atoms with E-state index < -0.39 is 5.82 Å². The molecule has 1 heterocycles. The normalized spacial score (nSPS) is 10.3. The van der Waals surface area contributed by atoms with E-state index in [-0.39, 0.29) is 15.0 Å². The quantitative estimate of drug-likeness (QED) is 0.843. The maximum atomic E-state index is 13.1. The number of anilines is 2. The highest BCUT2D eigenvalue weighted by Crippen LogP contribution is 2.33. The highest BCUT2D eigenvalue weighted by atomic mass is 35.5. The van der Waals surface area contributed by atoms with Crippen molar-refractivity contribution in [2.45, 2.75) is 0 Å². The van der Waals surface area contributed by atoms with Gasteiger partial charge in [0.1, 0.15) is 10.8 Å². The lowest BCUT2D eigenvalue weighted by Gasteiger charge is -2.11. The number of benzene rings is 1. The highest BCUT2D eigenvalue weighted by Gasteiger charge is 2.09. The zero-order chi connectivity index (χ0) is 14.0. The third-order valence-corrected chi connectivity index (χ3v) is 3.09. The predicted octanol–water partition coefficient (Wildman–Crippen LogP) is 3.91. The minimum Gasteiger partial charge on any atom is -0.388 e. The first-order valence-electron chi connectivity index (χ1n) is 5.15. The van der Waals surface area contributed by atoms with Gasteiger partial charge in [0.05, 0.1) is 21.4 Å². The Kier molecular flexibility index (Phi) is 4.19. The maximum absolute atomic E-state index is 13.1. The Morgan fingerprint density at radius 2 is 1.89 bits per heavy atom. The molecule has 19 heavy (non-hydrogen) atoms. The molecule has 3 nitrogen and oxygen atoms in total. The molecule has 0 amide bonds. The minimum atomic E-state index is -0.501. The van der Waals surface area contributed by atoms with Crippen LogP contribution in [0, 0.1) is 5.82 Å². The van der Waals surface area contributed by atoms with Crippen molar-refractivity contribution in [3.8, 4) is 0 Å². The second kappa shape index (κ2) is 5.69. The van der Waals surface area contributed by atoms with Crippen LogP contribution < -0.4 is 11.1 Å². The largest absolute Gasteiger partial charge is 0.388 e. The Bertz CT molecular complexity index is 626. The molecule has 0 saturated heterocycles. The van der Waals surface area contributed by atoms with Gasteiger partial charge >= 0.3 is 0 Å². The van der Waals surface area contributed by atoms with Crippen LogP contribution in [0.2, 0.25) is 10.0 Å². The first-order chi connectivity index (χ1) is 8.97. The molecule has 0 radical (unpaired) electrons. The summed E-state index contributed by atoms with van der Waals surface area (Å²) in [6, 6.07) is 5.69. The fourth-order valence-corrected chi connectivity index (χ4v) is 2.12. The molecule has 3 N–H and O–H groups in total. The summed E-state index contributed by atoms with van der Waals surface area (Å²) in [4.78, 5) is 4.19. The molecule has 0 aliphatic rings. The van der Waals surface area contributed by atoms with Crippen molar-refractivity contribution in [2.24, 2.45) is 5.73 Å². The summed E-state index contributed by atoms with van der Waals surface area (Å²) in [5.74, 6) is -0.501. The van der Waals surface area contributed by atoms with E-state index in [1.54, 1.807) is 18.3 Å². The number of aromatic nitrogens is 1. The van der Waals surface area contributed by atoms with Gasteiger partial charge in [-0.2, -0.15) is 0 Å². The second-order valence-electron chi connectivity index (χ2n) is 3.66. The number of nitrogens with zero attached hydrogens (tertiary/aromatic N) is 1. The molecule has 0 aliphatic carbocycles. The lowest BCUT2D eigenvalue weighted by Crippen LogP contribution is -2.11. The van der Waals surface area contributed by atoms with Crippen molar-refractivity contribution in [3.63, 3.8) is 0 Å². The van der Waals surface area contributed by atoms with Crippen LogP contribution in [0.4, 0.5) is 15.8 Å². The summed E-state index contributed by atoms with van der Waals surface area (Å²) in [5, 5.41) is 3.34. The Morgan fingerprint density at radius 3 is 2.47 bits per heavy atom. The van der Waals surface area contributed by atoms with Crippen LogP contribution >= 0.6 is 35.4 Å². The molecule has 1 aromatic heterocycles. The van der Waals surface area contributed by atoms with Crippen LogP contribution in [0.5, 0.6) is 0 Å². The van der Waals surface area contributed by atoms with E-state index in [2.05, 4.69) is 10.3 Å². The number of nitrogens with two attached hydrogens (primary N) is 1. The van der Waals surface area contributed by atoms with Crippen LogP contribution in [0.3, 0.4) is 0 Å². The molecule has 7 heteroatoms. The SMILES string of the molecule is NC(=S)c1cc(Nc2c(Cl)cc(F)cc2Cl)ccn1. The molecule has 0 atom stereocenters. The number of rotatable bonds is 3. The molecular formula is C12H8Cl2FN3S. The van der Waals surface area contributed by atoms with Gasteiger partial charge in [0.25, 0.3) is 0 Å². The van der Waals surface area contributed by atoms with E-state index in [0.717, 1.165) is 0 Å². The van der Waals surface area contributed by atoms with Gasteiger partial charge in [0.2, 0.25) is 0 Å². The van der Waals surface area contributed by atoms with Crippen LogP contribution in [0.15, 0.2) is 30.5 Å². The van der Waals surface area contributed by atoms with Crippen molar-refractivity contribution < 1.29 is 4.39 Å². The second-order valence-corrected chi connectivity index (χ2v) is 4.92. The van der Waals surface area contributed by atoms with Crippen molar-refractivity contribution in [3.05, 3.63) is 52.0 Å². The van der Waals surface area contributed by atoms with E-state index in [9.17, 15) is 4.39 Å². The van der Waals surface area contributed by atoms with E-state index in [1.165, 1.54) is 12.1 Å². The number of halogens is 3. The van der Waals surface area contributed by atoms with Gasteiger partial charge in [-0.1, -0.05) is 35.4 Å². The molecule has 98 valence electrons.